The van der Waals surface area contributed by atoms with Gasteiger partial charge in [-0.1, -0.05) is 36.4 Å². The molecule has 4 rings (SSSR count). The molecule has 0 amide bonds. The predicted octanol–water partition coefficient (Wildman–Crippen LogP) is 3.43. The van der Waals surface area contributed by atoms with Gasteiger partial charge in [0.15, 0.2) is 5.78 Å². The Morgan fingerprint density at radius 3 is 2.30 bits per heavy atom. The SMILES string of the molecule is N#Cc1ccc(C(=O)C2C(C#N)C(C#N)C3c4ccccc4C=CN23)cc1. The minimum atomic E-state index is -0.737. The van der Waals surface area contributed by atoms with E-state index < -0.39 is 17.9 Å². The fourth-order valence-electron chi connectivity index (χ4n) is 4.05. The molecule has 0 bridgehead atoms. The number of nitriles is 3. The number of hydrogen-bond acceptors (Lipinski definition) is 5. The molecule has 5 heteroatoms. The van der Waals surface area contributed by atoms with Crippen molar-refractivity contribution in [3.63, 3.8) is 0 Å². The molecule has 128 valence electrons. The van der Waals surface area contributed by atoms with E-state index in [0.717, 1.165) is 11.1 Å². The lowest BCUT2D eigenvalue weighted by molar-refractivity contribution is 0.0869. The molecule has 2 aliphatic rings. The van der Waals surface area contributed by atoms with Crippen LogP contribution in [0.2, 0.25) is 0 Å². The molecule has 4 atom stereocenters. The highest BCUT2D eigenvalue weighted by Gasteiger charge is 2.53. The Labute approximate surface area is 157 Å². The number of ketones is 1. The highest BCUT2D eigenvalue weighted by Crippen LogP contribution is 2.48. The number of hydrogen-bond donors (Lipinski definition) is 0. The predicted molar refractivity (Wildman–Crippen MR) is 97.5 cm³/mol. The standard InChI is InChI=1S/C22H14N4O/c23-11-14-5-7-16(8-6-14)22(27)21-19(13-25)18(12-24)20-17-4-2-1-3-15(17)9-10-26(20)21/h1-10,18-21H. The highest BCUT2D eigenvalue weighted by atomic mass is 16.1. The average Bonchev–Trinajstić information content (AvgIpc) is 3.07. The van der Waals surface area contributed by atoms with Crippen LogP contribution < -0.4 is 0 Å². The fourth-order valence-corrected chi connectivity index (χ4v) is 4.05. The van der Waals surface area contributed by atoms with Gasteiger partial charge in [-0.2, -0.15) is 15.8 Å². The first-order valence-electron chi connectivity index (χ1n) is 8.57. The second kappa shape index (κ2) is 6.45. The Morgan fingerprint density at radius 2 is 1.63 bits per heavy atom. The van der Waals surface area contributed by atoms with E-state index in [4.69, 9.17) is 5.26 Å². The minimum absolute atomic E-state index is 0.210. The Bertz CT molecular complexity index is 1070. The summed E-state index contributed by atoms with van der Waals surface area (Å²) in [6, 6.07) is 19.6. The van der Waals surface area contributed by atoms with Gasteiger partial charge in [0, 0.05) is 11.8 Å². The molecule has 2 aliphatic heterocycles. The topological polar surface area (TPSA) is 91.7 Å². The lowest BCUT2D eigenvalue weighted by Gasteiger charge is -2.33. The van der Waals surface area contributed by atoms with E-state index in [9.17, 15) is 15.3 Å². The average molecular weight is 350 g/mol. The second-order valence-electron chi connectivity index (χ2n) is 6.64. The van der Waals surface area contributed by atoms with Gasteiger partial charge >= 0.3 is 0 Å². The molecule has 27 heavy (non-hydrogen) atoms. The Hall–Kier alpha value is -3.88. The molecule has 1 fully saturated rings. The largest absolute Gasteiger partial charge is 0.357 e. The third kappa shape index (κ3) is 2.48. The van der Waals surface area contributed by atoms with Gasteiger partial charge in [0.1, 0.15) is 6.04 Å². The summed E-state index contributed by atoms with van der Waals surface area (Å²) in [5, 5.41) is 28.5. The number of nitrogens with zero attached hydrogens (tertiary/aromatic N) is 4. The van der Waals surface area contributed by atoms with Crippen LogP contribution in [0.15, 0.2) is 54.7 Å². The van der Waals surface area contributed by atoms with Crippen LogP contribution in [-0.4, -0.2) is 16.7 Å². The lowest BCUT2D eigenvalue weighted by atomic mass is 9.83. The van der Waals surface area contributed by atoms with Crippen molar-refractivity contribution in [1.29, 1.82) is 15.8 Å². The van der Waals surface area contributed by atoms with Crippen molar-refractivity contribution in [3.05, 3.63) is 77.0 Å². The zero-order valence-electron chi connectivity index (χ0n) is 14.3. The molecule has 0 radical (unpaired) electrons. The van der Waals surface area contributed by atoms with Crippen molar-refractivity contribution in [1.82, 2.24) is 4.90 Å². The van der Waals surface area contributed by atoms with Crippen molar-refractivity contribution in [2.75, 3.05) is 0 Å². The lowest BCUT2D eigenvalue weighted by Crippen LogP contribution is -2.38. The van der Waals surface area contributed by atoms with E-state index in [1.165, 1.54) is 0 Å². The first-order chi connectivity index (χ1) is 13.2. The number of fused-ring (bicyclic) bond motifs is 3. The maximum absolute atomic E-state index is 13.2. The zero-order chi connectivity index (χ0) is 19.0. The summed E-state index contributed by atoms with van der Waals surface area (Å²) in [7, 11) is 0. The third-order valence-electron chi connectivity index (χ3n) is 5.32. The number of rotatable bonds is 2. The van der Waals surface area contributed by atoms with Gasteiger partial charge in [0.2, 0.25) is 0 Å². The molecule has 0 aliphatic carbocycles. The molecule has 2 heterocycles. The maximum atomic E-state index is 13.2. The summed E-state index contributed by atoms with van der Waals surface area (Å²) >= 11 is 0. The number of carbonyl (C=O) groups is 1. The van der Waals surface area contributed by atoms with Gasteiger partial charge < -0.3 is 4.90 Å². The molecule has 2 aromatic carbocycles. The highest BCUT2D eigenvalue weighted by molar-refractivity contribution is 6.01. The van der Waals surface area contributed by atoms with Crippen molar-refractivity contribution in [2.45, 2.75) is 12.1 Å². The van der Waals surface area contributed by atoms with Crippen molar-refractivity contribution in [3.8, 4) is 18.2 Å². The normalized spacial score (nSPS) is 24.9. The van der Waals surface area contributed by atoms with Gasteiger partial charge in [-0.25, -0.2) is 0 Å². The second-order valence-corrected chi connectivity index (χ2v) is 6.64. The van der Waals surface area contributed by atoms with E-state index in [-0.39, 0.29) is 11.8 Å². The molecule has 1 saturated heterocycles. The molecule has 0 spiro atoms. The number of benzene rings is 2. The maximum Gasteiger partial charge on any atom is 0.186 e. The van der Waals surface area contributed by atoms with Crippen molar-refractivity contribution >= 4 is 11.9 Å². The van der Waals surface area contributed by atoms with Crippen LogP contribution in [0.5, 0.6) is 0 Å². The molecule has 5 nitrogen and oxygen atoms in total. The number of carbonyl (C=O) groups excluding carboxylic acids is 1. The number of Topliss-reactive ketones (excluding diaryl/α,β-unsaturated/α-hetero) is 1. The van der Waals surface area contributed by atoms with Crippen LogP contribution in [0.4, 0.5) is 0 Å². The van der Waals surface area contributed by atoms with Crippen molar-refractivity contribution in [2.24, 2.45) is 11.8 Å². The monoisotopic (exact) mass is 350 g/mol. The first kappa shape index (κ1) is 16.6. The van der Waals surface area contributed by atoms with E-state index in [1.807, 2.05) is 47.5 Å². The first-order valence-corrected chi connectivity index (χ1v) is 8.57. The van der Waals surface area contributed by atoms with Crippen LogP contribution in [-0.2, 0) is 0 Å². The molecule has 0 saturated carbocycles. The van der Waals surface area contributed by atoms with Gasteiger partial charge in [0.25, 0.3) is 0 Å². The van der Waals surface area contributed by atoms with E-state index >= 15 is 0 Å². The summed E-state index contributed by atoms with van der Waals surface area (Å²) < 4.78 is 0. The van der Waals surface area contributed by atoms with E-state index in [1.54, 1.807) is 24.3 Å². The quantitative estimate of drug-likeness (QED) is 0.774. The van der Waals surface area contributed by atoms with Crippen LogP contribution in [0.1, 0.15) is 33.1 Å². The van der Waals surface area contributed by atoms with Crippen LogP contribution in [0, 0.1) is 45.8 Å². The Morgan fingerprint density at radius 1 is 0.926 bits per heavy atom. The zero-order valence-corrected chi connectivity index (χ0v) is 14.3. The minimum Gasteiger partial charge on any atom is -0.357 e. The van der Waals surface area contributed by atoms with Crippen LogP contribution >= 0.6 is 0 Å². The summed E-state index contributed by atoms with van der Waals surface area (Å²) in [5.74, 6) is -1.55. The van der Waals surface area contributed by atoms with Crippen LogP contribution in [0.3, 0.4) is 0 Å². The Balaban J connectivity index is 1.79. The van der Waals surface area contributed by atoms with Gasteiger partial charge in [-0.3, -0.25) is 4.79 Å². The van der Waals surface area contributed by atoms with Gasteiger partial charge in [-0.15, -0.1) is 0 Å². The summed E-state index contributed by atoms with van der Waals surface area (Å²) in [5.41, 5.74) is 2.86. The van der Waals surface area contributed by atoms with E-state index in [2.05, 4.69) is 12.1 Å². The van der Waals surface area contributed by atoms with Crippen LogP contribution in [0.25, 0.3) is 6.08 Å². The third-order valence-corrected chi connectivity index (χ3v) is 5.32. The van der Waals surface area contributed by atoms with Crippen molar-refractivity contribution < 1.29 is 4.79 Å². The summed E-state index contributed by atoms with van der Waals surface area (Å²) in [6.07, 6.45) is 3.74. The summed E-state index contributed by atoms with van der Waals surface area (Å²) in [4.78, 5) is 15.1. The molecular formula is C22H14N4O. The molecule has 2 aromatic rings. The molecule has 4 unspecified atom stereocenters. The molecular weight excluding hydrogens is 336 g/mol. The Kier molecular flexibility index (Phi) is 3.96. The molecule has 0 N–H and O–H groups in total. The summed E-state index contributed by atoms with van der Waals surface area (Å²) in [6.45, 7) is 0. The van der Waals surface area contributed by atoms with E-state index in [0.29, 0.717) is 11.1 Å². The van der Waals surface area contributed by atoms with Gasteiger partial charge in [-0.05, 0) is 29.3 Å². The fraction of sp³-hybridized carbons (Fsp3) is 0.182. The molecule has 0 aromatic heterocycles. The smallest absolute Gasteiger partial charge is 0.186 e. The van der Waals surface area contributed by atoms with Gasteiger partial charge in [0.05, 0.1) is 41.6 Å².